The third-order valence-electron chi connectivity index (χ3n) is 2.24. The Bertz CT molecular complexity index is 447. The van der Waals surface area contributed by atoms with Crippen LogP contribution in [0, 0.1) is 0 Å². The number of carbonyl (C=O) groups excluding carboxylic acids is 1. The van der Waals surface area contributed by atoms with Crippen LogP contribution in [0.4, 0.5) is 0 Å². The minimum absolute atomic E-state index is 0.0393. The summed E-state index contributed by atoms with van der Waals surface area (Å²) in [6.45, 7) is 0.174. The number of amides is 1. The molecule has 1 aliphatic rings. The Kier molecular flexibility index (Phi) is 3.14. The molecule has 2 rings (SSSR count). The summed E-state index contributed by atoms with van der Waals surface area (Å²) < 4.78 is 0. The van der Waals surface area contributed by atoms with E-state index in [1.165, 1.54) is 0 Å². The van der Waals surface area contributed by atoms with E-state index in [0.717, 1.165) is 4.90 Å². The van der Waals surface area contributed by atoms with E-state index >= 15 is 0 Å². The number of aliphatic hydroxyl groups excluding tert-OH is 1. The molecule has 0 radical (unpaired) electrons. The number of pyridine rings is 1. The Morgan fingerprint density at radius 2 is 2.19 bits per heavy atom. The maximum absolute atomic E-state index is 11.6. The number of halogens is 2. The Morgan fingerprint density at radius 3 is 2.69 bits per heavy atom. The van der Waals surface area contributed by atoms with Gasteiger partial charge in [-0.25, -0.2) is 0 Å². The van der Waals surface area contributed by atoms with Gasteiger partial charge in [0, 0.05) is 6.20 Å². The lowest BCUT2D eigenvalue weighted by molar-refractivity contribution is -0.132. The molecule has 1 aliphatic heterocycles. The number of aromatic nitrogens is 1. The molecule has 1 atom stereocenters. The van der Waals surface area contributed by atoms with Crippen LogP contribution in [0.25, 0.3) is 0 Å². The summed E-state index contributed by atoms with van der Waals surface area (Å²) in [5.41, 5.74) is 0.658. The summed E-state index contributed by atoms with van der Waals surface area (Å²) in [7, 11) is 0. The van der Waals surface area contributed by atoms with Crippen LogP contribution in [0.3, 0.4) is 0 Å². The molecule has 4 nitrogen and oxygen atoms in total. The minimum atomic E-state index is -1.18. The Morgan fingerprint density at radius 1 is 1.44 bits per heavy atom. The zero-order valence-electron chi connectivity index (χ0n) is 8.10. The molecule has 6 heteroatoms. The molecule has 0 spiro atoms. The molecule has 1 N–H and O–H groups in total. The number of nitrogens with zero attached hydrogens (tertiary/aromatic N) is 2. The highest BCUT2D eigenvalue weighted by atomic mass is 35.5. The second-order valence-electron chi connectivity index (χ2n) is 3.29. The summed E-state index contributed by atoms with van der Waals surface area (Å²) in [5, 5.41) is 9.49. The van der Waals surface area contributed by atoms with Gasteiger partial charge in [-0.3, -0.25) is 9.78 Å². The maximum Gasteiger partial charge on any atom is 0.269 e. The first kappa shape index (κ1) is 11.4. The number of hydrogen-bond donors (Lipinski definition) is 1. The van der Waals surface area contributed by atoms with Crippen LogP contribution >= 0.6 is 23.2 Å². The summed E-state index contributed by atoms with van der Waals surface area (Å²) in [6.07, 6.45) is 0.433. The predicted molar refractivity (Wildman–Crippen MR) is 59.5 cm³/mol. The van der Waals surface area contributed by atoms with E-state index in [0.29, 0.717) is 5.69 Å². The first-order valence-corrected chi connectivity index (χ1v) is 5.31. The van der Waals surface area contributed by atoms with Gasteiger partial charge in [0.25, 0.3) is 5.91 Å². The highest BCUT2D eigenvalue weighted by Gasteiger charge is 2.36. The van der Waals surface area contributed by atoms with Gasteiger partial charge in [-0.2, -0.15) is 0 Å². The van der Waals surface area contributed by atoms with Crippen molar-refractivity contribution in [3.8, 4) is 0 Å². The molecule has 16 heavy (non-hydrogen) atoms. The number of hydrogen-bond acceptors (Lipinski definition) is 3. The average molecular weight is 259 g/mol. The van der Waals surface area contributed by atoms with Crippen LogP contribution in [-0.2, 0) is 11.3 Å². The highest BCUT2D eigenvalue weighted by Crippen LogP contribution is 2.30. The van der Waals surface area contributed by atoms with Gasteiger partial charge in [-0.1, -0.05) is 29.3 Å². The van der Waals surface area contributed by atoms with Crippen LogP contribution in [0.5, 0.6) is 0 Å². The van der Waals surface area contributed by atoms with Crippen molar-refractivity contribution in [1.29, 1.82) is 0 Å². The summed E-state index contributed by atoms with van der Waals surface area (Å²) in [4.78, 5) is 16.8. The van der Waals surface area contributed by atoms with Gasteiger partial charge in [0.2, 0.25) is 0 Å². The molecule has 1 unspecified atom stereocenters. The molecule has 1 amide bonds. The van der Waals surface area contributed by atoms with Gasteiger partial charge >= 0.3 is 0 Å². The van der Waals surface area contributed by atoms with E-state index in [4.69, 9.17) is 23.2 Å². The van der Waals surface area contributed by atoms with Crippen molar-refractivity contribution in [1.82, 2.24) is 9.88 Å². The summed E-state index contributed by atoms with van der Waals surface area (Å²) in [5.74, 6) is -0.482. The normalized spacial score (nSPS) is 20.8. The fraction of sp³-hybridized carbons (Fsp3) is 0.200. The zero-order chi connectivity index (χ0) is 11.7. The topological polar surface area (TPSA) is 53.4 Å². The molecule has 0 fully saturated rings. The Balaban J connectivity index is 2.17. The van der Waals surface area contributed by atoms with Crippen LogP contribution in [0.15, 0.2) is 34.5 Å². The molecule has 1 aromatic rings. The van der Waals surface area contributed by atoms with Crippen molar-refractivity contribution in [3.63, 3.8) is 0 Å². The van der Waals surface area contributed by atoms with Crippen molar-refractivity contribution in [2.75, 3.05) is 0 Å². The average Bonchev–Trinajstić information content (AvgIpc) is 2.48. The first-order chi connectivity index (χ1) is 7.61. The molecule has 0 saturated carbocycles. The lowest BCUT2D eigenvalue weighted by Gasteiger charge is -2.20. The molecular weight excluding hydrogens is 251 g/mol. The van der Waals surface area contributed by atoms with E-state index in [2.05, 4.69) is 4.98 Å². The van der Waals surface area contributed by atoms with Crippen molar-refractivity contribution < 1.29 is 9.90 Å². The molecule has 0 aromatic carbocycles. The Labute approximate surface area is 102 Å². The summed E-state index contributed by atoms with van der Waals surface area (Å²) >= 11 is 11.3. The number of rotatable bonds is 2. The van der Waals surface area contributed by atoms with E-state index < -0.39 is 12.1 Å². The molecule has 84 valence electrons. The van der Waals surface area contributed by atoms with Crippen LogP contribution in [-0.4, -0.2) is 27.1 Å². The zero-order valence-corrected chi connectivity index (χ0v) is 9.61. The van der Waals surface area contributed by atoms with Crippen LogP contribution in [0.1, 0.15) is 5.69 Å². The van der Waals surface area contributed by atoms with Gasteiger partial charge in [0.05, 0.1) is 17.3 Å². The summed E-state index contributed by atoms with van der Waals surface area (Å²) in [6, 6.07) is 5.32. The molecule has 0 bridgehead atoms. The van der Waals surface area contributed by atoms with Gasteiger partial charge in [-0.15, -0.1) is 0 Å². The van der Waals surface area contributed by atoms with E-state index in [9.17, 15) is 9.90 Å². The minimum Gasteiger partial charge on any atom is -0.368 e. The number of aliphatic hydroxyl groups is 1. The lowest BCUT2D eigenvalue weighted by Crippen LogP contribution is -2.34. The fourth-order valence-corrected chi connectivity index (χ4v) is 1.82. The monoisotopic (exact) mass is 258 g/mol. The number of carbonyl (C=O) groups is 1. The van der Waals surface area contributed by atoms with E-state index in [-0.39, 0.29) is 16.6 Å². The molecule has 0 aliphatic carbocycles. The smallest absolute Gasteiger partial charge is 0.269 e. The molecule has 2 heterocycles. The quantitative estimate of drug-likeness (QED) is 0.874. The van der Waals surface area contributed by atoms with Gasteiger partial charge < -0.3 is 10.0 Å². The SMILES string of the molecule is O=C1C(Cl)=C(Cl)C(O)N1Cc1ccccn1. The second-order valence-corrected chi connectivity index (χ2v) is 4.07. The second kappa shape index (κ2) is 4.41. The van der Waals surface area contributed by atoms with E-state index in [1.807, 2.05) is 0 Å². The third-order valence-corrected chi connectivity index (χ3v) is 3.08. The Hall–Kier alpha value is -1.10. The van der Waals surface area contributed by atoms with Crippen molar-refractivity contribution in [2.45, 2.75) is 12.8 Å². The highest BCUT2D eigenvalue weighted by molar-refractivity contribution is 6.49. The molecule has 0 saturated heterocycles. The van der Waals surface area contributed by atoms with Crippen LogP contribution in [0.2, 0.25) is 0 Å². The molecular formula is C10H8Cl2N2O2. The fourth-order valence-electron chi connectivity index (χ4n) is 1.41. The van der Waals surface area contributed by atoms with Gasteiger partial charge in [-0.05, 0) is 12.1 Å². The van der Waals surface area contributed by atoms with Gasteiger partial charge in [0.1, 0.15) is 5.03 Å². The largest absolute Gasteiger partial charge is 0.368 e. The van der Waals surface area contributed by atoms with Crippen molar-refractivity contribution in [3.05, 3.63) is 40.2 Å². The first-order valence-electron chi connectivity index (χ1n) is 4.55. The van der Waals surface area contributed by atoms with Crippen molar-refractivity contribution in [2.24, 2.45) is 0 Å². The maximum atomic E-state index is 11.6. The van der Waals surface area contributed by atoms with Gasteiger partial charge in [0.15, 0.2) is 6.23 Å². The van der Waals surface area contributed by atoms with Crippen molar-refractivity contribution >= 4 is 29.1 Å². The third kappa shape index (κ3) is 1.91. The van der Waals surface area contributed by atoms with E-state index in [1.54, 1.807) is 24.4 Å². The predicted octanol–water partition coefficient (Wildman–Crippen LogP) is 1.43. The molecule has 1 aromatic heterocycles. The van der Waals surface area contributed by atoms with Crippen LogP contribution < -0.4 is 0 Å². The lowest BCUT2D eigenvalue weighted by atomic mass is 10.3. The standard InChI is InChI=1S/C10H8Cl2N2O2/c11-7-8(12)10(16)14(9(7)15)5-6-3-1-2-4-13-6/h1-4,9,15H,5H2.